The highest BCUT2D eigenvalue weighted by atomic mass is 16.5. The Hall–Kier alpha value is -2.92. The van der Waals surface area contributed by atoms with Crippen LogP contribution in [-0.2, 0) is 9.53 Å². The SMILES string of the molecule is Cc1nnc([C@H]2CN(C(=O)[C@@H](C)Oc3ccccc3C#N)CCO2)o1. The molecule has 2 atom stereocenters. The number of morpholine rings is 1. The predicted octanol–water partition coefficient (Wildman–Crippen LogP) is 1.62. The summed E-state index contributed by atoms with van der Waals surface area (Å²) >= 11 is 0. The Morgan fingerprint density at radius 2 is 2.24 bits per heavy atom. The summed E-state index contributed by atoms with van der Waals surface area (Å²) in [5, 5.41) is 16.9. The van der Waals surface area contributed by atoms with Gasteiger partial charge in [0.15, 0.2) is 12.2 Å². The van der Waals surface area contributed by atoms with Gasteiger partial charge < -0.3 is 18.8 Å². The Kier molecular flexibility index (Phi) is 4.95. The fourth-order valence-electron chi connectivity index (χ4n) is 2.60. The molecule has 1 aromatic heterocycles. The van der Waals surface area contributed by atoms with E-state index in [-0.39, 0.29) is 5.91 Å². The largest absolute Gasteiger partial charge is 0.480 e. The molecule has 3 rings (SSSR count). The number of nitriles is 1. The van der Waals surface area contributed by atoms with Crippen LogP contribution in [0.3, 0.4) is 0 Å². The number of nitrogens with zero attached hydrogens (tertiary/aromatic N) is 4. The highest BCUT2D eigenvalue weighted by Gasteiger charge is 2.31. The van der Waals surface area contributed by atoms with Gasteiger partial charge in [0.25, 0.3) is 5.91 Å². The minimum atomic E-state index is -0.724. The van der Waals surface area contributed by atoms with Crippen molar-refractivity contribution in [3.8, 4) is 11.8 Å². The number of carbonyl (C=O) groups excluding carboxylic acids is 1. The molecule has 130 valence electrons. The Balaban J connectivity index is 1.66. The van der Waals surface area contributed by atoms with Crippen molar-refractivity contribution in [3.63, 3.8) is 0 Å². The van der Waals surface area contributed by atoms with Gasteiger partial charge in [-0.2, -0.15) is 5.26 Å². The van der Waals surface area contributed by atoms with Crippen molar-refractivity contribution < 1.29 is 18.7 Å². The molecule has 8 nitrogen and oxygen atoms in total. The summed E-state index contributed by atoms with van der Waals surface area (Å²) in [5.74, 6) is 1.02. The van der Waals surface area contributed by atoms with E-state index in [1.807, 2.05) is 0 Å². The highest BCUT2D eigenvalue weighted by Crippen LogP contribution is 2.23. The molecule has 1 aliphatic heterocycles. The van der Waals surface area contributed by atoms with Crippen LogP contribution in [0.2, 0.25) is 0 Å². The van der Waals surface area contributed by atoms with Crippen molar-refractivity contribution in [1.29, 1.82) is 5.26 Å². The molecule has 0 N–H and O–H groups in total. The van der Waals surface area contributed by atoms with E-state index >= 15 is 0 Å². The van der Waals surface area contributed by atoms with Crippen LogP contribution in [0.25, 0.3) is 0 Å². The van der Waals surface area contributed by atoms with E-state index in [0.29, 0.717) is 42.8 Å². The molecule has 0 spiro atoms. The van der Waals surface area contributed by atoms with Crippen LogP contribution in [-0.4, -0.2) is 46.8 Å². The van der Waals surface area contributed by atoms with Gasteiger partial charge in [-0.1, -0.05) is 12.1 Å². The monoisotopic (exact) mass is 342 g/mol. The van der Waals surface area contributed by atoms with Gasteiger partial charge >= 0.3 is 0 Å². The standard InChI is InChI=1S/C17H18N4O4/c1-11(24-14-6-4-3-5-13(14)9-18)17(22)21-7-8-23-15(10-21)16-20-19-12(2)25-16/h3-6,11,15H,7-8,10H2,1-2H3/t11-,15-/m1/s1. The van der Waals surface area contributed by atoms with Crippen molar-refractivity contribution in [2.45, 2.75) is 26.1 Å². The second-order valence-electron chi connectivity index (χ2n) is 5.67. The summed E-state index contributed by atoms with van der Waals surface area (Å²) in [6, 6.07) is 8.88. The van der Waals surface area contributed by atoms with Gasteiger partial charge in [0.2, 0.25) is 11.8 Å². The summed E-state index contributed by atoms with van der Waals surface area (Å²) in [7, 11) is 0. The number of aromatic nitrogens is 2. The number of benzene rings is 1. The smallest absolute Gasteiger partial charge is 0.263 e. The molecule has 0 bridgehead atoms. The van der Waals surface area contributed by atoms with Crippen molar-refractivity contribution in [2.24, 2.45) is 0 Å². The van der Waals surface area contributed by atoms with Crippen LogP contribution < -0.4 is 4.74 Å². The Morgan fingerprint density at radius 1 is 1.44 bits per heavy atom. The molecule has 1 aromatic carbocycles. The lowest BCUT2D eigenvalue weighted by molar-refractivity contribution is -0.146. The van der Waals surface area contributed by atoms with Crippen molar-refractivity contribution in [3.05, 3.63) is 41.6 Å². The maximum atomic E-state index is 12.7. The molecule has 8 heteroatoms. The second-order valence-corrected chi connectivity index (χ2v) is 5.67. The fourth-order valence-corrected chi connectivity index (χ4v) is 2.60. The van der Waals surface area contributed by atoms with E-state index in [2.05, 4.69) is 16.3 Å². The van der Waals surface area contributed by atoms with Crippen LogP contribution in [0, 0.1) is 18.3 Å². The number of amides is 1. The zero-order valence-corrected chi connectivity index (χ0v) is 14.0. The molecule has 0 radical (unpaired) electrons. The second kappa shape index (κ2) is 7.32. The zero-order valence-electron chi connectivity index (χ0n) is 14.0. The normalized spacial score (nSPS) is 18.4. The molecular weight excluding hydrogens is 324 g/mol. The van der Waals surface area contributed by atoms with Gasteiger partial charge in [0.1, 0.15) is 11.8 Å². The molecule has 1 aliphatic rings. The first-order valence-corrected chi connectivity index (χ1v) is 7.94. The summed E-state index contributed by atoms with van der Waals surface area (Å²) < 4.78 is 16.7. The van der Waals surface area contributed by atoms with Gasteiger partial charge in [-0.3, -0.25) is 4.79 Å². The third kappa shape index (κ3) is 3.78. The Labute approximate surface area is 145 Å². The van der Waals surface area contributed by atoms with Crippen molar-refractivity contribution in [2.75, 3.05) is 19.7 Å². The molecule has 1 amide bonds. The number of hydrogen-bond acceptors (Lipinski definition) is 7. The first-order chi connectivity index (χ1) is 12.1. The third-order valence-electron chi connectivity index (χ3n) is 3.85. The topological polar surface area (TPSA) is 101 Å². The Morgan fingerprint density at radius 3 is 2.96 bits per heavy atom. The first kappa shape index (κ1) is 16.9. The molecule has 0 aliphatic carbocycles. The predicted molar refractivity (Wildman–Crippen MR) is 85.6 cm³/mol. The summed E-state index contributed by atoms with van der Waals surface area (Å²) in [4.78, 5) is 14.3. The number of rotatable bonds is 4. The van der Waals surface area contributed by atoms with E-state index in [1.54, 1.807) is 43.0 Å². The zero-order chi connectivity index (χ0) is 17.8. The summed E-state index contributed by atoms with van der Waals surface area (Å²) in [6.07, 6.45) is -1.17. The minimum Gasteiger partial charge on any atom is -0.480 e. The molecular formula is C17H18N4O4. The van der Waals surface area contributed by atoms with Crippen LogP contribution >= 0.6 is 0 Å². The molecule has 1 fully saturated rings. The van der Waals surface area contributed by atoms with E-state index in [9.17, 15) is 4.79 Å². The number of hydrogen-bond donors (Lipinski definition) is 0. The molecule has 1 saturated heterocycles. The Bertz CT molecular complexity index is 798. The van der Waals surface area contributed by atoms with Crippen LogP contribution in [0.4, 0.5) is 0 Å². The lowest BCUT2D eigenvalue weighted by Gasteiger charge is -2.33. The van der Waals surface area contributed by atoms with E-state index in [4.69, 9.17) is 19.2 Å². The average molecular weight is 342 g/mol. The van der Waals surface area contributed by atoms with Gasteiger partial charge in [-0.25, -0.2) is 0 Å². The van der Waals surface area contributed by atoms with Crippen LogP contribution in [0.15, 0.2) is 28.7 Å². The third-order valence-corrected chi connectivity index (χ3v) is 3.85. The first-order valence-electron chi connectivity index (χ1n) is 7.94. The summed E-state index contributed by atoms with van der Waals surface area (Å²) in [6.45, 7) is 4.51. The van der Waals surface area contributed by atoms with E-state index in [0.717, 1.165) is 0 Å². The number of para-hydroxylation sites is 1. The quantitative estimate of drug-likeness (QED) is 0.832. The molecule has 2 aromatic rings. The lowest BCUT2D eigenvalue weighted by Crippen LogP contribution is -2.47. The maximum absolute atomic E-state index is 12.7. The van der Waals surface area contributed by atoms with Gasteiger partial charge in [-0.05, 0) is 19.1 Å². The fraction of sp³-hybridized carbons (Fsp3) is 0.412. The average Bonchev–Trinajstić information content (AvgIpc) is 3.08. The molecule has 0 saturated carbocycles. The van der Waals surface area contributed by atoms with Crippen LogP contribution in [0.5, 0.6) is 5.75 Å². The lowest BCUT2D eigenvalue weighted by atomic mass is 10.2. The van der Waals surface area contributed by atoms with Gasteiger partial charge in [0, 0.05) is 13.5 Å². The van der Waals surface area contributed by atoms with Crippen molar-refractivity contribution >= 4 is 5.91 Å². The molecule has 2 heterocycles. The number of aryl methyl sites for hydroxylation is 1. The molecule has 0 unspecified atom stereocenters. The highest BCUT2D eigenvalue weighted by molar-refractivity contribution is 5.81. The summed E-state index contributed by atoms with van der Waals surface area (Å²) in [5.41, 5.74) is 0.392. The van der Waals surface area contributed by atoms with Crippen LogP contribution in [0.1, 0.15) is 30.4 Å². The van der Waals surface area contributed by atoms with Gasteiger partial charge in [-0.15, -0.1) is 10.2 Å². The molecule has 25 heavy (non-hydrogen) atoms. The minimum absolute atomic E-state index is 0.183. The van der Waals surface area contributed by atoms with Crippen molar-refractivity contribution in [1.82, 2.24) is 15.1 Å². The van der Waals surface area contributed by atoms with Gasteiger partial charge in [0.05, 0.1) is 18.7 Å². The van der Waals surface area contributed by atoms with E-state index < -0.39 is 12.2 Å². The van der Waals surface area contributed by atoms with E-state index in [1.165, 1.54) is 0 Å². The number of ether oxygens (including phenoxy) is 2. The maximum Gasteiger partial charge on any atom is 0.263 e. The number of carbonyl (C=O) groups is 1.